The fraction of sp³-hybridized carbons (Fsp3) is 0.600. The maximum Gasteiger partial charge on any atom is 0.0502 e. The Morgan fingerprint density at radius 3 is 2.65 bits per heavy atom. The summed E-state index contributed by atoms with van der Waals surface area (Å²) in [4.78, 5) is 2.58. The van der Waals surface area contributed by atoms with Crippen LogP contribution in [0.1, 0.15) is 31.2 Å². The lowest BCUT2D eigenvalue weighted by Crippen LogP contribution is -2.38. The summed E-state index contributed by atoms with van der Waals surface area (Å²) in [5, 5.41) is 9.57. The molecular formula is C15H21NO. The molecule has 0 radical (unpaired) electrons. The zero-order chi connectivity index (χ0) is 11.7. The summed E-state index contributed by atoms with van der Waals surface area (Å²) in [5.41, 5.74) is 1.65. The van der Waals surface area contributed by atoms with Crippen molar-refractivity contribution in [3.05, 3.63) is 35.9 Å². The van der Waals surface area contributed by atoms with Gasteiger partial charge in [0.15, 0.2) is 0 Å². The van der Waals surface area contributed by atoms with Gasteiger partial charge >= 0.3 is 0 Å². The van der Waals surface area contributed by atoms with Crippen LogP contribution in [-0.4, -0.2) is 29.2 Å². The molecule has 1 N–H and O–H groups in total. The number of hydrogen-bond donors (Lipinski definition) is 1. The summed E-state index contributed by atoms with van der Waals surface area (Å²) < 4.78 is 0. The first-order valence-electron chi connectivity index (χ1n) is 6.73. The Kier molecular flexibility index (Phi) is 2.93. The molecule has 1 aromatic rings. The van der Waals surface area contributed by atoms with Crippen molar-refractivity contribution in [2.75, 3.05) is 13.2 Å². The molecule has 3 rings (SSSR count). The molecule has 1 atom stereocenters. The Morgan fingerprint density at radius 1 is 1.24 bits per heavy atom. The van der Waals surface area contributed by atoms with E-state index in [0.717, 1.165) is 6.54 Å². The summed E-state index contributed by atoms with van der Waals surface area (Å²) in [5.74, 6) is 0. The summed E-state index contributed by atoms with van der Waals surface area (Å²) >= 11 is 0. The van der Waals surface area contributed by atoms with Crippen LogP contribution < -0.4 is 0 Å². The summed E-state index contributed by atoms with van der Waals surface area (Å²) in [7, 11) is 0. The van der Waals surface area contributed by atoms with Crippen LogP contribution in [0.15, 0.2) is 30.3 Å². The largest absolute Gasteiger partial charge is 0.396 e. The van der Waals surface area contributed by atoms with E-state index in [1.54, 1.807) is 0 Å². The van der Waals surface area contributed by atoms with Crippen molar-refractivity contribution in [2.45, 2.75) is 38.3 Å². The van der Waals surface area contributed by atoms with E-state index in [0.29, 0.717) is 12.6 Å². The fourth-order valence-electron chi connectivity index (χ4n) is 3.28. The summed E-state index contributed by atoms with van der Waals surface area (Å²) in [6.45, 7) is 2.62. The lowest BCUT2D eigenvalue weighted by molar-refractivity contribution is 0.105. The van der Waals surface area contributed by atoms with Gasteiger partial charge in [-0.2, -0.15) is 0 Å². The average Bonchev–Trinajstić information content (AvgIpc) is 3.04. The number of benzene rings is 1. The molecule has 92 valence electrons. The van der Waals surface area contributed by atoms with Crippen LogP contribution in [0.5, 0.6) is 0 Å². The number of likely N-dealkylation sites (tertiary alicyclic amines) is 1. The number of aliphatic hydroxyl groups excluding tert-OH is 1. The average molecular weight is 231 g/mol. The van der Waals surface area contributed by atoms with E-state index >= 15 is 0 Å². The second-order valence-electron chi connectivity index (χ2n) is 5.63. The highest BCUT2D eigenvalue weighted by atomic mass is 16.3. The monoisotopic (exact) mass is 231 g/mol. The molecular weight excluding hydrogens is 210 g/mol. The van der Waals surface area contributed by atoms with Crippen molar-refractivity contribution in [3.8, 4) is 0 Å². The predicted molar refractivity (Wildman–Crippen MR) is 68.6 cm³/mol. The molecule has 2 heteroatoms. The van der Waals surface area contributed by atoms with Crippen LogP contribution >= 0.6 is 0 Å². The van der Waals surface area contributed by atoms with E-state index < -0.39 is 0 Å². The van der Waals surface area contributed by atoms with Gasteiger partial charge in [0.1, 0.15) is 0 Å². The van der Waals surface area contributed by atoms with Crippen molar-refractivity contribution in [1.82, 2.24) is 4.90 Å². The van der Waals surface area contributed by atoms with Crippen molar-refractivity contribution in [3.63, 3.8) is 0 Å². The van der Waals surface area contributed by atoms with E-state index in [-0.39, 0.29) is 5.41 Å². The SMILES string of the molecule is OCC1(C2CCCN2Cc2ccccc2)CC1. The van der Waals surface area contributed by atoms with Gasteiger partial charge in [0, 0.05) is 18.0 Å². The molecule has 17 heavy (non-hydrogen) atoms. The van der Waals surface area contributed by atoms with Gasteiger partial charge in [-0.05, 0) is 37.8 Å². The lowest BCUT2D eigenvalue weighted by Gasteiger charge is -2.30. The zero-order valence-electron chi connectivity index (χ0n) is 10.3. The number of aliphatic hydroxyl groups is 1. The second-order valence-corrected chi connectivity index (χ2v) is 5.63. The van der Waals surface area contributed by atoms with Crippen molar-refractivity contribution < 1.29 is 5.11 Å². The molecule has 2 aliphatic rings. The van der Waals surface area contributed by atoms with Gasteiger partial charge < -0.3 is 5.11 Å². The lowest BCUT2D eigenvalue weighted by atomic mass is 9.95. The fourth-order valence-corrected chi connectivity index (χ4v) is 3.28. The molecule has 1 aromatic carbocycles. The smallest absolute Gasteiger partial charge is 0.0502 e. The molecule has 1 unspecified atom stereocenters. The molecule has 1 saturated heterocycles. The van der Waals surface area contributed by atoms with Gasteiger partial charge in [-0.3, -0.25) is 4.90 Å². The van der Waals surface area contributed by atoms with E-state index in [1.807, 2.05) is 0 Å². The first-order valence-corrected chi connectivity index (χ1v) is 6.73. The number of rotatable bonds is 4. The number of hydrogen-bond acceptors (Lipinski definition) is 2. The highest BCUT2D eigenvalue weighted by Crippen LogP contribution is 2.53. The van der Waals surface area contributed by atoms with Crippen LogP contribution in [0.3, 0.4) is 0 Å². The van der Waals surface area contributed by atoms with Crippen LogP contribution in [0.2, 0.25) is 0 Å². The first kappa shape index (κ1) is 11.2. The van der Waals surface area contributed by atoms with Gasteiger partial charge in [0.2, 0.25) is 0 Å². The van der Waals surface area contributed by atoms with Gasteiger partial charge in [0.25, 0.3) is 0 Å². The molecule has 0 bridgehead atoms. The van der Waals surface area contributed by atoms with Crippen LogP contribution in [0.25, 0.3) is 0 Å². The number of nitrogens with zero attached hydrogens (tertiary/aromatic N) is 1. The molecule has 2 fully saturated rings. The van der Waals surface area contributed by atoms with Crippen LogP contribution in [0.4, 0.5) is 0 Å². The molecule has 0 aromatic heterocycles. The third-order valence-corrected chi connectivity index (χ3v) is 4.51. The second kappa shape index (κ2) is 4.43. The first-order chi connectivity index (χ1) is 8.34. The van der Waals surface area contributed by atoms with E-state index in [9.17, 15) is 5.11 Å². The minimum absolute atomic E-state index is 0.255. The molecule has 1 heterocycles. The third kappa shape index (κ3) is 2.12. The van der Waals surface area contributed by atoms with Crippen molar-refractivity contribution >= 4 is 0 Å². The highest BCUT2D eigenvalue weighted by molar-refractivity contribution is 5.16. The maximum absolute atomic E-state index is 9.57. The van der Waals surface area contributed by atoms with E-state index in [4.69, 9.17) is 0 Å². The topological polar surface area (TPSA) is 23.5 Å². The standard InChI is InChI=1S/C15H21NO/c17-12-15(8-9-15)14-7-4-10-16(14)11-13-5-2-1-3-6-13/h1-3,5-6,14,17H,4,7-12H2. The van der Waals surface area contributed by atoms with E-state index in [1.165, 1.54) is 37.8 Å². The van der Waals surface area contributed by atoms with Gasteiger partial charge in [-0.1, -0.05) is 30.3 Å². The molecule has 1 saturated carbocycles. The molecule has 1 aliphatic carbocycles. The van der Waals surface area contributed by atoms with E-state index in [2.05, 4.69) is 35.2 Å². The summed E-state index contributed by atoms with van der Waals surface area (Å²) in [6.07, 6.45) is 5.01. The van der Waals surface area contributed by atoms with Crippen LogP contribution in [0, 0.1) is 5.41 Å². The van der Waals surface area contributed by atoms with Gasteiger partial charge in [0.05, 0.1) is 6.61 Å². The van der Waals surface area contributed by atoms with Crippen LogP contribution in [-0.2, 0) is 6.54 Å². The predicted octanol–water partition coefficient (Wildman–Crippen LogP) is 2.42. The molecule has 1 aliphatic heterocycles. The minimum Gasteiger partial charge on any atom is -0.396 e. The molecule has 0 spiro atoms. The molecule has 0 amide bonds. The van der Waals surface area contributed by atoms with Crippen molar-refractivity contribution in [2.24, 2.45) is 5.41 Å². The zero-order valence-corrected chi connectivity index (χ0v) is 10.3. The Hall–Kier alpha value is -0.860. The Morgan fingerprint density at radius 2 is 2.00 bits per heavy atom. The third-order valence-electron chi connectivity index (χ3n) is 4.51. The Bertz CT molecular complexity index is 372. The Balaban J connectivity index is 1.70. The highest BCUT2D eigenvalue weighted by Gasteiger charge is 2.52. The normalized spacial score (nSPS) is 27.2. The van der Waals surface area contributed by atoms with Gasteiger partial charge in [-0.15, -0.1) is 0 Å². The summed E-state index contributed by atoms with van der Waals surface area (Å²) in [6, 6.07) is 11.3. The van der Waals surface area contributed by atoms with Crippen molar-refractivity contribution in [1.29, 1.82) is 0 Å². The van der Waals surface area contributed by atoms with Gasteiger partial charge in [-0.25, -0.2) is 0 Å². The molecule has 2 nitrogen and oxygen atoms in total. The minimum atomic E-state index is 0.255. The quantitative estimate of drug-likeness (QED) is 0.860. The maximum atomic E-state index is 9.57. The Labute approximate surface area is 103 Å².